The summed E-state index contributed by atoms with van der Waals surface area (Å²) in [5.74, 6) is 2.51. The summed E-state index contributed by atoms with van der Waals surface area (Å²) in [7, 11) is 1.81. The average molecular weight is 314 g/mol. The number of likely N-dealkylation sites (tertiary alicyclic amines) is 2. The van der Waals surface area contributed by atoms with Gasteiger partial charge in [-0.25, -0.2) is 0 Å². The third-order valence-corrected chi connectivity index (χ3v) is 5.95. The molecule has 0 aliphatic carbocycles. The maximum absolute atomic E-state index is 9.29. The van der Waals surface area contributed by atoms with E-state index in [2.05, 4.69) is 23.6 Å². The summed E-state index contributed by atoms with van der Waals surface area (Å²) in [5, 5.41) is 18.5. The Morgan fingerprint density at radius 3 is 2.23 bits per heavy atom. The van der Waals surface area contributed by atoms with Crippen molar-refractivity contribution in [2.75, 3.05) is 59.6 Å². The van der Waals surface area contributed by atoms with Gasteiger partial charge in [-0.15, -0.1) is 0 Å². The van der Waals surface area contributed by atoms with Crippen molar-refractivity contribution in [3.05, 3.63) is 0 Å². The zero-order valence-electron chi connectivity index (χ0n) is 14.4. The molecular weight excluding hydrogens is 280 g/mol. The molecule has 0 bridgehead atoms. The molecule has 2 saturated heterocycles. The van der Waals surface area contributed by atoms with E-state index in [4.69, 9.17) is 4.74 Å². The smallest absolute Gasteiger partial charge is 0.0726 e. The van der Waals surface area contributed by atoms with E-state index in [1.165, 1.54) is 6.42 Å². The van der Waals surface area contributed by atoms with Crippen molar-refractivity contribution >= 4 is 0 Å². The van der Waals surface area contributed by atoms with Crippen LogP contribution in [0.15, 0.2) is 0 Å². The Bertz CT molecular complexity index is 329. The molecule has 0 aromatic heterocycles. The normalized spacial score (nSPS) is 38.3. The molecule has 0 saturated carbocycles. The van der Waals surface area contributed by atoms with E-state index in [1.54, 1.807) is 0 Å². The maximum atomic E-state index is 9.29. The van der Waals surface area contributed by atoms with Gasteiger partial charge >= 0.3 is 0 Å². The van der Waals surface area contributed by atoms with Crippen molar-refractivity contribution in [3.63, 3.8) is 0 Å². The largest absolute Gasteiger partial charge is 0.395 e. The van der Waals surface area contributed by atoms with E-state index in [0.717, 1.165) is 39.3 Å². The fourth-order valence-corrected chi connectivity index (χ4v) is 4.45. The predicted molar refractivity (Wildman–Crippen MR) is 87.8 cm³/mol. The first-order valence-electron chi connectivity index (χ1n) is 8.79. The fourth-order valence-electron chi connectivity index (χ4n) is 4.45. The molecule has 0 spiro atoms. The highest BCUT2D eigenvalue weighted by Crippen LogP contribution is 2.38. The van der Waals surface area contributed by atoms with Gasteiger partial charge in [0.05, 0.1) is 19.3 Å². The van der Waals surface area contributed by atoms with Crippen LogP contribution in [0.3, 0.4) is 0 Å². The first-order chi connectivity index (χ1) is 10.6. The number of piperidine rings is 2. The molecule has 0 radical (unpaired) electrons. The van der Waals surface area contributed by atoms with Gasteiger partial charge in [-0.1, -0.05) is 13.8 Å². The van der Waals surface area contributed by atoms with Crippen LogP contribution in [0.25, 0.3) is 0 Å². The van der Waals surface area contributed by atoms with Gasteiger partial charge in [-0.3, -0.25) is 4.90 Å². The van der Waals surface area contributed by atoms with E-state index in [1.807, 2.05) is 7.11 Å². The predicted octanol–water partition coefficient (Wildman–Crippen LogP) is 0.512. The van der Waals surface area contributed by atoms with E-state index in [9.17, 15) is 10.2 Å². The number of hydrogen-bond acceptors (Lipinski definition) is 5. The third kappa shape index (κ3) is 4.20. The van der Waals surface area contributed by atoms with Gasteiger partial charge < -0.3 is 19.8 Å². The van der Waals surface area contributed by atoms with Crippen molar-refractivity contribution in [1.82, 2.24) is 9.80 Å². The van der Waals surface area contributed by atoms with Crippen molar-refractivity contribution in [1.29, 1.82) is 0 Å². The van der Waals surface area contributed by atoms with Crippen molar-refractivity contribution in [2.24, 2.45) is 23.7 Å². The summed E-state index contributed by atoms with van der Waals surface area (Å²) in [6.45, 7) is 10.9. The van der Waals surface area contributed by atoms with Crippen LogP contribution in [-0.4, -0.2) is 85.7 Å². The summed E-state index contributed by atoms with van der Waals surface area (Å²) in [5.41, 5.74) is 0. The second-order valence-corrected chi connectivity index (χ2v) is 7.23. The minimum atomic E-state index is 0.217. The number of β-amino-alcohol motifs (C(OH)–C–C–N with tert-alkyl or cyclic N) is 2. The molecule has 5 heteroatoms. The minimum Gasteiger partial charge on any atom is -0.395 e. The highest BCUT2D eigenvalue weighted by atomic mass is 16.5. The Hall–Kier alpha value is -0.200. The summed E-state index contributed by atoms with van der Waals surface area (Å²) in [6.07, 6.45) is 1.47. The lowest BCUT2D eigenvalue weighted by Gasteiger charge is -2.49. The SMILES string of the molecule is COC1CN(CCO)CC(C2CN(CCO)CC[C@@H]2C)[C@@H]1C. The lowest BCUT2D eigenvalue weighted by atomic mass is 9.69. The first kappa shape index (κ1) is 18.1. The van der Waals surface area contributed by atoms with Gasteiger partial charge in [0.2, 0.25) is 0 Å². The van der Waals surface area contributed by atoms with Gasteiger partial charge in [0, 0.05) is 39.8 Å². The molecule has 5 nitrogen and oxygen atoms in total. The van der Waals surface area contributed by atoms with Crippen molar-refractivity contribution < 1.29 is 14.9 Å². The first-order valence-corrected chi connectivity index (χ1v) is 8.79. The molecule has 130 valence electrons. The topological polar surface area (TPSA) is 56.2 Å². The monoisotopic (exact) mass is 314 g/mol. The van der Waals surface area contributed by atoms with Gasteiger partial charge in [-0.05, 0) is 36.6 Å². The minimum absolute atomic E-state index is 0.217. The summed E-state index contributed by atoms with van der Waals surface area (Å²) in [6, 6.07) is 0. The van der Waals surface area contributed by atoms with Crippen LogP contribution >= 0.6 is 0 Å². The van der Waals surface area contributed by atoms with E-state index in [0.29, 0.717) is 23.7 Å². The van der Waals surface area contributed by atoms with Crippen LogP contribution in [0, 0.1) is 23.7 Å². The number of nitrogens with zero attached hydrogens (tertiary/aromatic N) is 2. The molecule has 0 aromatic carbocycles. The van der Waals surface area contributed by atoms with Gasteiger partial charge in [0.15, 0.2) is 0 Å². The number of rotatable bonds is 6. The van der Waals surface area contributed by atoms with Crippen LogP contribution in [0.4, 0.5) is 0 Å². The van der Waals surface area contributed by atoms with Crippen LogP contribution in [0.2, 0.25) is 0 Å². The van der Waals surface area contributed by atoms with Gasteiger partial charge in [-0.2, -0.15) is 0 Å². The molecule has 2 heterocycles. The lowest BCUT2D eigenvalue weighted by molar-refractivity contribution is -0.0710. The van der Waals surface area contributed by atoms with Gasteiger partial charge in [0.25, 0.3) is 0 Å². The quantitative estimate of drug-likeness (QED) is 0.748. The summed E-state index contributed by atoms with van der Waals surface area (Å²) >= 11 is 0. The Morgan fingerprint density at radius 2 is 1.59 bits per heavy atom. The Labute approximate surface area is 135 Å². The van der Waals surface area contributed by atoms with Crippen molar-refractivity contribution in [3.8, 4) is 0 Å². The van der Waals surface area contributed by atoms with Gasteiger partial charge in [0.1, 0.15) is 0 Å². The molecular formula is C17H34N2O3. The Kier molecular flexibility index (Phi) is 7.09. The molecule has 0 aromatic rings. The highest BCUT2D eigenvalue weighted by Gasteiger charge is 2.41. The zero-order chi connectivity index (χ0) is 16.1. The lowest BCUT2D eigenvalue weighted by Crippen LogP contribution is -2.55. The van der Waals surface area contributed by atoms with Crippen LogP contribution in [0.1, 0.15) is 20.3 Å². The average Bonchev–Trinajstić information content (AvgIpc) is 2.51. The number of ether oxygens (including phenoxy) is 1. The number of hydrogen-bond donors (Lipinski definition) is 2. The summed E-state index contributed by atoms with van der Waals surface area (Å²) in [4.78, 5) is 4.76. The fraction of sp³-hybridized carbons (Fsp3) is 1.00. The van der Waals surface area contributed by atoms with E-state index >= 15 is 0 Å². The van der Waals surface area contributed by atoms with Crippen LogP contribution < -0.4 is 0 Å². The molecule has 2 aliphatic heterocycles. The van der Waals surface area contributed by atoms with E-state index < -0.39 is 0 Å². The molecule has 0 amide bonds. The third-order valence-electron chi connectivity index (χ3n) is 5.95. The maximum Gasteiger partial charge on any atom is 0.0726 e. The number of aliphatic hydroxyl groups is 2. The molecule has 2 N–H and O–H groups in total. The molecule has 22 heavy (non-hydrogen) atoms. The van der Waals surface area contributed by atoms with Crippen LogP contribution in [0.5, 0.6) is 0 Å². The Balaban J connectivity index is 2.08. The highest BCUT2D eigenvalue weighted by molar-refractivity contribution is 4.93. The van der Waals surface area contributed by atoms with E-state index in [-0.39, 0.29) is 19.3 Å². The molecule has 3 unspecified atom stereocenters. The molecule has 2 fully saturated rings. The van der Waals surface area contributed by atoms with Crippen LogP contribution in [-0.2, 0) is 4.74 Å². The molecule has 2 aliphatic rings. The zero-order valence-corrected chi connectivity index (χ0v) is 14.4. The standard InChI is InChI=1S/C17H34N2O3/c1-13-4-5-18(6-8-20)10-15(13)16-11-19(7-9-21)12-17(22-3)14(16)2/h13-17,20-21H,4-12H2,1-3H3/t13-,14-,15?,16?,17?/m0/s1. The van der Waals surface area contributed by atoms with Crippen molar-refractivity contribution in [2.45, 2.75) is 26.4 Å². The second-order valence-electron chi connectivity index (χ2n) is 7.23. The Morgan fingerprint density at radius 1 is 0.955 bits per heavy atom. The second kappa shape index (κ2) is 8.60. The molecule has 5 atom stereocenters. The number of aliphatic hydroxyl groups excluding tert-OH is 2. The number of methoxy groups -OCH3 is 1. The summed E-state index contributed by atoms with van der Waals surface area (Å²) < 4.78 is 5.73. The molecule has 2 rings (SSSR count).